The first kappa shape index (κ1) is 21.0. The highest BCUT2D eigenvalue weighted by Crippen LogP contribution is 2.24. The summed E-state index contributed by atoms with van der Waals surface area (Å²) in [5.74, 6) is -0.465. The number of nitrogens with one attached hydrogen (secondary N) is 2. The minimum absolute atomic E-state index is 0.0319. The molecule has 1 heterocycles. The monoisotopic (exact) mass is 451 g/mol. The summed E-state index contributed by atoms with van der Waals surface area (Å²) in [6.45, 7) is 0.110. The molecule has 0 aliphatic carbocycles. The zero-order chi connectivity index (χ0) is 21.8. The van der Waals surface area contributed by atoms with Gasteiger partial charge in [0.2, 0.25) is 10.0 Å². The van der Waals surface area contributed by atoms with Gasteiger partial charge >= 0.3 is 0 Å². The average molecular weight is 452 g/mol. The van der Waals surface area contributed by atoms with Crippen LogP contribution in [0.1, 0.15) is 15.9 Å². The number of sulfonamides is 1. The van der Waals surface area contributed by atoms with E-state index >= 15 is 0 Å². The number of pyridine rings is 1. The molecule has 4 aromatic rings. The van der Waals surface area contributed by atoms with Gasteiger partial charge in [-0.15, -0.1) is 0 Å². The highest BCUT2D eigenvalue weighted by atomic mass is 35.5. The standard InChI is InChI=1S/C23H18ClN3O3S/c24-20-11-10-18(13-22(20)31(29,30)26-14-16-6-2-1-3-7-16)23(28)27-19-12-17-8-4-5-9-21(17)25-15-19/h1-13,15,26H,14H2,(H,27,28). The van der Waals surface area contributed by atoms with Gasteiger partial charge in [-0.3, -0.25) is 9.78 Å². The Kier molecular flexibility index (Phi) is 5.99. The Balaban J connectivity index is 1.55. The lowest BCUT2D eigenvalue weighted by Gasteiger charge is -2.11. The lowest BCUT2D eigenvalue weighted by atomic mass is 10.2. The van der Waals surface area contributed by atoms with E-state index in [1.807, 2.05) is 54.6 Å². The summed E-state index contributed by atoms with van der Waals surface area (Å²) < 4.78 is 28.1. The third-order valence-corrected chi connectivity index (χ3v) is 6.52. The molecule has 3 aromatic carbocycles. The minimum Gasteiger partial charge on any atom is -0.321 e. The maximum Gasteiger partial charge on any atom is 0.255 e. The van der Waals surface area contributed by atoms with Gasteiger partial charge in [0.15, 0.2) is 0 Å². The van der Waals surface area contributed by atoms with E-state index in [1.165, 1.54) is 18.2 Å². The van der Waals surface area contributed by atoms with Crippen molar-refractivity contribution < 1.29 is 13.2 Å². The minimum atomic E-state index is -3.92. The van der Waals surface area contributed by atoms with E-state index in [4.69, 9.17) is 11.6 Å². The summed E-state index contributed by atoms with van der Waals surface area (Å²) in [6, 6.07) is 22.6. The zero-order valence-corrected chi connectivity index (χ0v) is 17.8. The van der Waals surface area contributed by atoms with Crippen LogP contribution < -0.4 is 10.0 Å². The zero-order valence-electron chi connectivity index (χ0n) is 16.2. The van der Waals surface area contributed by atoms with Gasteiger partial charge in [-0.2, -0.15) is 0 Å². The van der Waals surface area contributed by atoms with E-state index in [0.717, 1.165) is 16.5 Å². The third-order valence-electron chi connectivity index (χ3n) is 4.64. The molecule has 6 nitrogen and oxygen atoms in total. The molecule has 0 spiro atoms. The number of hydrogen-bond acceptors (Lipinski definition) is 4. The largest absolute Gasteiger partial charge is 0.321 e. The van der Waals surface area contributed by atoms with Crippen LogP contribution in [0.25, 0.3) is 10.9 Å². The van der Waals surface area contributed by atoms with Crippen LogP contribution in [-0.2, 0) is 16.6 Å². The fourth-order valence-corrected chi connectivity index (χ4v) is 4.59. The van der Waals surface area contributed by atoms with Crippen molar-refractivity contribution in [2.24, 2.45) is 0 Å². The van der Waals surface area contributed by atoms with Crippen LogP contribution in [0.15, 0.2) is 90.0 Å². The third kappa shape index (κ3) is 4.91. The summed E-state index contributed by atoms with van der Waals surface area (Å²) in [6.07, 6.45) is 1.55. The number of rotatable bonds is 6. The van der Waals surface area contributed by atoms with Crippen molar-refractivity contribution >= 4 is 44.1 Å². The number of carbonyl (C=O) groups excluding carboxylic acids is 1. The molecule has 0 saturated heterocycles. The molecule has 0 radical (unpaired) electrons. The van der Waals surface area contributed by atoms with Crippen molar-refractivity contribution in [3.63, 3.8) is 0 Å². The Bertz CT molecular complexity index is 1360. The Morgan fingerprint density at radius 3 is 2.48 bits per heavy atom. The summed E-state index contributed by atoms with van der Waals surface area (Å²) in [4.78, 5) is 16.9. The molecule has 4 rings (SSSR count). The Morgan fingerprint density at radius 1 is 0.935 bits per heavy atom. The number of fused-ring (bicyclic) bond motifs is 1. The molecule has 0 aliphatic heterocycles. The molecule has 2 N–H and O–H groups in total. The van der Waals surface area contributed by atoms with E-state index in [0.29, 0.717) is 5.69 Å². The van der Waals surface area contributed by atoms with E-state index in [1.54, 1.807) is 12.3 Å². The molecule has 0 atom stereocenters. The fourth-order valence-electron chi connectivity index (χ4n) is 3.05. The van der Waals surface area contributed by atoms with Crippen LogP contribution in [-0.4, -0.2) is 19.3 Å². The normalized spacial score (nSPS) is 11.4. The van der Waals surface area contributed by atoms with Crippen molar-refractivity contribution in [2.45, 2.75) is 11.4 Å². The molecule has 0 fully saturated rings. The number of halogens is 1. The SMILES string of the molecule is O=C(Nc1cnc2ccccc2c1)c1ccc(Cl)c(S(=O)(=O)NCc2ccccc2)c1. The second-order valence-corrected chi connectivity index (χ2v) is 8.97. The average Bonchev–Trinajstić information content (AvgIpc) is 2.78. The first-order valence-corrected chi connectivity index (χ1v) is 11.3. The van der Waals surface area contributed by atoms with Crippen LogP contribution in [0.5, 0.6) is 0 Å². The Labute approximate surface area is 185 Å². The summed E-state index contributed by atoms with van der Waals surface area (Å²) in [7, 11) is -3.92. The van der Waals surface area contributed by atoms with Crippen LogP contribution in [0.3, 0.4) is 0 Å². The molecule has 156 valence electrons. The van der Waals surface area contributed by atoms with Gasteiger partial charge in [-0.25, -0.2) is 13.1 Å². The van der Waals surface area contributed by atoms with E-state index < -0.39 is 15.9 Å². The van der Waals surface area contributed by atoms with Gasteiger partial charge in [0, 0.05) is 17.5 Å². The van der Waals surface area contributed by atoms with Gasteiger partial charge in [0.1, 0.15) is 4.90 Å². The molecule has 0 saturated carbocycles. The van der Waals surface area contributed by atoms with Crippen molar-refractivity contribution in [1.82, 2.24) is 9.71 Å². The summed E-state index contributed by atoms with van der Waals surface area (Å²) >= 11 is 6.13. The van der Waals surface area contributed by atoms with E-state index in [2.05, 4.69) is 15.0 Å². The van der Waals surface area contributed by atoms with Gasteiger partial charge in [-0.05, 0) is 35.9 Å². The second kappa shape index (κ2) is 8.85. The first-order chi connectivity index (χ1) is 14.9. The number of carbonyl (C=O) groups is 1. The molecule has 0 aliphatic rings. The second-order valence-electron chi connectivity index (χ2n) is 6.83. The fraction of sp³-hybridized carbons (Fsp3) is 0.0435. The van der Waals surface area contributed by atoms with Crippen molar-refractivity contribution in [2.75, 3.05) is 5.32 Å². The van der Waals surface area contributed by atoms with E-state index in [9.17, 15) is 13.2 Å². The number of hydrogen-bond donors (Lipinski definition) is 2. The number of para-hydroxylation sites is 1. The first-order valence-electron chi connectivity index (χ1n) is 9.42. The van der Waals surface area contributed by atoms with E-state index in [-0.39, 0.29) is 22.0 Å². The topological polar surface area (TPSA) is 88.2 Å². The summed E-state index contributed by atoms with van der Waals surface area (Å²) in [5, 5.41) is 3.66. The molecular formula is C23H18ClN3O3S. The van der Waals surface area contributed by atoms with Crippen molar-refractivity contribution in [1.29, 1.82) is 0 Å². The maximum absolute atomic E-state index is 12.8. The molecule has 0 unspecified atom stereocenters. The van der Waals surface area contributed by atoms with Crippen LogP contribution in [0, 0.1) is 0 Å². The van der Waals surface area contributed by atoms with Gasteiger partial charge < -0.3 is 5.32 Å². The van der Waals surface area contributed by atoms with Gasteiger partial charge in [0.05, 0.1) is 22.4 Å². The number of amides is 1. The number of anilines is 1. The van der Waals surface area contributed by atoms with Gasteiger partial charge in [-0.1, -0.05) is 60.1 Å². The molecule has 8 heteroatoms. The Morgan fingerprint density at radius 2 is 1.68 bits per heavy atom. The van der Waals surface area contributed by atoms with Crippen molar-refractivity contribution in [3.8, 4) is 0 Å². The molecule has 0 bridgehead atoms. The lowest BCUT2D eigenvalue weighted by molar-refractivity contribution is 0.102. The molecule has 1 aromatic heterocycles. The summed E-state index contributed by atoms with van der Waals surface area (Å²) in [5.41, 5.74) is 2.28. The quantitative estimate of drug-likeness (QED) is 0.447. The number of benzene rings is 3. The molecule has 31 heavy (non-hydrogen) atoms. The van der Waals surface area contributed by atoms with Crippen LogP contribution in [0.2, 0.25) is 5.02 Å². The van der Waals surface area contributed by atoms with Gasteiger partial charge in [0.25, 0.3) is 5.91 Å². The maximum atomic E-state index is 12.8. The predicted octanol–water partition coefficient (Wildman–Crippen LogP) is 4.62. The van der Waals surface area contributed by atoms with Crippen LogP contribution >= 0.6 is 11.6 Å². The Hall–Kier alpha value is -3.26. The molecular weight excluding hydrogens is 434 g/mol. The number of aromatic nitrogens is 1. The number of nitrogens with zero attached hydrogens (tertiary/aromatic N) is 1. The van der Waals surface area contributed by atoms with Crippen molar-refractivity contribution in [3.05, 3.63) is 101 Å². The molecule has 1 amide bonds. The highest BCUT2D eigenvalue weighted by molar-refractivity contribution is 7.89. The predicted molar refractivity (Wildman–Crippen MR) is 122 cm³/mol. The lowest BCUT2D eigenvalue weighted by Crippen LogP contribution is -2.24. The smallest absolute Gasteiger partial charge is 0.255 e. The highest BCUT2D eigenvalue weighted by Gasteiger charge is 2.20. The van der Waals surface area contributed by atoms with Crippen LogP contribution in [0.4, 0.5) is 5.69 Å².